The Bertz CT molecular complexity index is 614. The van der Waals surface area contributed by atoms with Gasteiger partial charge in [-0.2, -0.15) is 0 Å². The number of aryl methyl sites for hydroxylation is 1. The van der Waals surface area contributed by atoms with E-state index in [4.69, 9.17) is 0 Å². The lowest BCUT2D eigenvalue weighted by atomic mass is 10.1. The number of amides is 2. The molecule has 1 N–H and O–H groups in total. The van der Waals surface area contributed by atoms with Crippen LogP contribution < -0.4 is 5.32 Å². The second-order valence-corrected chi connectivity index (χ2v) is 6.49. The highest BCUT2D eigenvalue weighted by Crippen LogP contribution is 2.30. The first kappa shape index (κ1) is 14.9. The van der Waals surface area contributed by atoms with Gasteiger partial charge in [0.2, 0.25) is 5.91 Å². The standard InChI is InChI=1S/C16H22N4O2/c1-9(2)15-18-8-13(10(3)19-15)16(22)20-11-4-5-12(20)7-17-14(21)6-11/h8-9,11-12H,4-7H2,1-3H3,(H,17,21)/t11-,12+/m0/s1. The van der Waals surface area contributed by atoms with Gasteiger partial charge in [-0.05, 0) is 19.8 Å². The van der Waals surface area contributed by atoms with Crippen molar-refractivity contribution in [3.05, 3.63) is 23.3 Å². The van der Waals surface area contributed by atoms with Gasteiger partial charge >= 0.3 is 0 Å². The van der Waals surface area contributed by atoms with Gasteiger partial charge in [-0.25, -0.2) is 9.97 Å². The highest BCUT2D eigenvalue weighted by Gasteiger charge is 2.41. The number of rotatable bonds is 2. The summed E-state index contributed by atoms with van der Waals surface area (Å²) in [6.45, 7) is 6.46. The molecule has 2 bridgehead atoms. The van der Waals surface area contributed by atoms with E-state index in [1.165, 1.54) is 0 Å². The SMILES string of the molecule is Cc1nc(C(C)C)ncc1C(=O)N1[C@@H]2CC[C@H]1CC(=O)NC2. The van der Waals surface area contributed by atoms with Gasteiger partial charge in [-0.15, -0.1) is 0 Å². The summed E-state index contributed by atoms with van der Waals surface area (Å²) < 4.78 is 0. The van der Waals surface area contributed by atoms with Gasteiger partial charge in [-0.3, -0.25) is 9.59 Å². The van der Waals surface area contributed by atoms with Gasteiger partial charge in [0.15, 0.2) is 0 Å². The molecule has 0 saturated carbocycles. The van der Waals surface area contributed by atoms with E-state index in [1.54, 1.807) is 6.20 Å². The minimum absolute atomic E-state index is 0.00387. The molecule has 0 radical (unpaired) electrons. The third kappa shape index (κ3) is 2.58. The highest BCUT2D eigenvalue weighted by molar-refractivity contribution is 5.96. The van der Waals surface area contributed by atoms with Crippen molar-refractivity contribution in [1.29, 1.82) is 0 Å². The molecule has 22 heavy (non-hydrogen) atoms. The summed E-state index contributed by atoms with van der Waals surface area (Å²) in [5.41, 5.74) is 1.27. The van der Waals surface area contributed by atoms with Crippen molar-refractivity contribution in [2.75, 3.05) is 6.54 Å². The first-order valence-corrected chi connectivity index (χ1v) is 7.90. The predicted molar refractivity (Wildman–Crippen MR) is 81.5 cm³/mol. The molecule has 1 aromatic heterocycles. The van der Waals surface area contributed by atoms with Gasteiger partial charge in [0.25, 0.3) is 5.91 Å². The van der Waals surface area contributed by atoms with Crippen molar-refractivity contribution in [3.8, 4) is 0 Å². The normalized spacial score (nSPS) is 24.4. The molecule has 1 aromatic rings. The fraction of sp³-hybridized carbons (Fsp3) is 0.625. The van der Waals surface area contributed by atoms with Crippen LogP contribution in [0.15, 0.2) is 6.20 Å². The van der Waals surface area contributed by atoms with Gasteiger partial charge in [0, 0.05) is 37.2 Å². The quantitative estimate of drug-likeness (QED) is 0.896. The van der Waals surface area contributed by atoms with Crippen LogP contribution in [-0.4, -0.2) is 45.3 Å². The third-order valence-electron chi connectivity index (χ3n) is 4.56. The molecular formula is C16H22N4O2. The summed E-state index contributed by atoms with van der Waals surface area (Å²) in [7, 11) is 0. The Morgan fingerprint density at radius 1 is 1.36 bits per heavy atom. The molecule has 2 saturated heterocycles. The van der Waals surface area contributed by atoms with Crippen LogP contribution in [0.3, 0.4) is 0 Å². The Morgan fingerprint density at radius 2 is 2.09 bits per heavy atom. The Morgan fingerprint density at radius 3 is 2.77 bits per heavy atom. The van der Waals surface area contributed by atoms with Gasteiger partial charge in [-0.1, -0.05) is 13.8 Å². The van der Waals surface area contributed by atoms with Gasteiger partial charge < -0.3 is 10.2 Å². The zero-order chi connectivity index (χ0) is 15.9. The molecule has 2 aliphatic rings. The lowest BCUT2D eigenvalue weighted by Crippen LogP contribution is -2.43. The summed E-state index contributed by atoms with van der Waals surface area (Å²) in [5, 5.41) is 2.89. The molecule has 118 valence electrons. The number of hydrogen-bond acceptors (Lipinski definition) is 4. The molecule has 0 unspecified atom stereocenters. The Kier molecular flexibility index (Phi) is 3.85. The molecule has 3 heterocycles. The third-order valence-corrected chi connectivity index (χ3v) is 4.56. The van der Waals surface area contributed by atoms with Crippen LogP contribution in [0.1, 0.15) is 60.9 Å². The Balaban J connectivity index is 1.89. The molecule has 0 spiro atoms. The smallest absolute Gasteiger partial charge is 0.257 e. The van der Waals surface area contributed by atoms with Crippen molar-refractivity contribution < 1.29 is 9.59 Å². The molecule has 6 nitrogen and oxygen atoms in total. The van der Waals surface area contributed by atoms with Crippen molar-refractivity contribution in [3.63, 3.8) is 0 Å². The first-order chi connectivity index (χ1) is 10.5. The fourth-order valence-corrected chi connectivity index (χ4v) is 3.32. The summed E-state index contributed by atoms with van der Waals surface area (Å²) in [6.07, 6.45) is 3.88. The second-order valence-electron chi connectivity index (χ2n) is 6.49. The number of fused-ring (bicyclic) bond motifs is 2. The second kappa shape index (κ2) is 5.66. The lowest BCUT2D eigenvalue weighted by molar-refractivity contribution is -0.121. The largest absolute Gasteiger partial charge is 0.354 e. The van der Waals surface area contributed by atoms with E-state index in [1.807, 2.05) is 25.7 Å². The van der Waals surface area contributed by atoms with E-state index in [0.29, 0.717) is 24.2 Å². The molecular weight excluding hydrogens is 280 g/mol. The monoisotopic (exact) mass is 302 g/mol. The number of aromatic nitrogens is 2. The van der Waals surface area contributed by atoms with Crippen LogP contribution in [0.25, 0.3) is 0 Å². The topological polar surface area (TPSA) is 75.2 Å². The molecule has 0 aliphatic carbocycles. The number of carbonyl (C=O) groups excluding carboxylic acids is 2. The summed E-state index contributed by atoms with van der Waals surface area (Å²) in [6, 6.07) is 0.0947. The highest BCUT2D eigenvalue weighted by atomic mass is 16.2. The van der Waals surface area contributed by atoms with E-state index in [0.717, 1.165) is 18.7 Å². The summed E-state index contributed by atoms with van der Waals surface area (Å²) in [4.78, 5) is 35.3. The van der Waals surface area contributed by atoms with Crippen molar-refractivity contribution in [1.82, 2.24) is 20.2 Å². The van der Waals surface area contributed by atoms with E-state index >= 15 is 0 Å². The first-order valence-electron chi connectivity index (χ1n) is 7.90. The van der Waals surface area contributed by atoms with E-state index < -0.39 is 0 Å². The molecule has 0 aromatic carbocycles. The van der Waals surface area contributed by atoms with Gasteiger partial charge in [0.05, 0.1) is 11.3 Å². The van der Waals surface area contributed by atoms with Crippen LogP contribution in [-0.2, 0) is 4.79 Å². The number of carbonyl (C=O) groups is 2. The molecule has 6 heteroatoms. The van der Waals surface area contributed by atoms with E-state index in [-0.39, 0.29) is 29.8 Å². The zero-order valence-electron chi connectivity index (χ0n) is 13.3. The minimum atomic E-state index is -0.0446. The van der Waals surface area contributed by atoms with Gasteiger partial charge in [0.1, 0.15) is 5.82 Å². The predicted octanol–water partition coefficient (Wildman–Crippen LogP) is 1.40. The van der Waals surface area contributed by atoms with Crippen molar-refractivity contribution >= 4 is 11.8 Å². The summed E-state index contributed by atoms with van der Waals surface area (Å²) >= 11 is 0. The summed E-state index contributed by atoms with van der Waals surface area (Å²) in [5.74, 6) is 0.980. The molecule has 2 aliphatic heterocycles. The number of nitrogens with zero attached hydrogens (tertiary/aromatic N) is 3. The van der Waals surface area contributed by atoms with Crippen molar-refractivity contribution in [2.45, 2.75) is 58.0 Å². The molecule has 2 fully saturated rings. The zero-order valence-corrected chi connectivity index (χ0v) is 13.3. The average Bonchev–Trinajstić information content (AvgIpc) is 2.77. The maximum atomic E-state index is 12.9. The number of nitrogens with one attached hydrogen (secondary N) is 1. The van der Waals surface area contributed by atoms with Crippen LogP contribution >= 0.6 is 0 Å². The maximum Gasteiger partial charge on any atom is 0.257 e. The Labute approximate surface area is 130 Å². The number of hydrogen-bond donors (Lipinski definition) is 1. The van der Waals surface area contributed by atoms with Crippen molar-refractivity contribution in [2.24, 2.45) is 0 Å². The average molecular weight is 302 g/mol. The van der Waals surface area contributed by atoms with Crippen LogP contribution in [0.5, 0.6) is 0 Å². The fourth-order valence-electron chi connectivity index (χ4n) is 3.32. The molecule has 2 atom stereocenters. The minimum Gasteiger partial charge on any atom is -0.354 e. The van der Waals surface area contributed by atoms with Crippen LogP contribution in [0.4, 0.5) is 0 Å². The Hall–Kier alpha value is -1.98. The maximum absolute atomic E-state index is 12.9. The van der Waals surface area contributed by atoms with E-state index in [9.17, 15) is 9.59 Å². The van der Waals surface area contributed by atoms with Crippen LogP contribution in [0.2, 0.25) is 0 Å². The lowest BCUT2D eigenvalue weighted by Gasteiger charge is -2.27. The molecule has 3 rings (SSSR count). The van der Waals surface area contributed by atoms with Crippen LogP contribution in [0, 0.1) is 6.92 Å². The molecule has 2 amide bonds. The van der Waals surface area contributed by atoms with E-state index in [2.05, 4.69) is 15.3 Å².